The average molecular weight is 248 g/mol. The summed E-state index contributed by atoms with van der Waals surface area (Å²) in [7, 11) is 1.36. The van der Waals surface area contributed by atoms with E-state index in [-0.39, 0.29) is 12.5 Å². The average Bonchev–Trinajstić information content (AvgIpc) is 2.41. The highest BCUT2D eigenvalue weighted by Crippen LogP contribution is 2.13. The van der Waals surface area contributed by atoms with Gasteiger partial charge >= 0.3 is 5.97 Å². The molecule has 1 rings (SSSR count). The number of hydrogen-bond donors (Lipinski definition) is 0. The van der Waals surface area contributed by atoms with Crippen LogP contribution >= 0.6 is 0 Å². The number of nitrogens with zero attached hydrogens (tertiary/aromatic N) is 2. The van der Waals surface area contributed by atoms with E-state index in [1.165, 1.54) is 12.8 Å². The first kappa shape index (κ1) is 14.2. The van der Waals surface area contributed by atoms with E-state index >= 15 is 0 Å². The predicted octanol–water partition coefficient (Wildman–Crippen LogP) is 2.12. The summed E-state index contributed by atoms with van der Waals surface area (Å²) in [5, 5.41) is 0. The Balaban J connectivity index is 2.62. The third-order valence-corrected chi connectivity index (χ3v) is 2.71. The Kier molecular flexibility index (Phi) is 5.91. The van der Waals surface area contributed by atoms with Crippen LogP contribution in [0.3, 0.4) is 0 Å². The van der Waals surface area contributed by atoms with Crippen LogP contribution < -0.4 is 4.90 Å². The van der Waals surface area contributed by atoms with Gasteiger partial charge in [-0.05, 0) is 31.5 Å². The molecule has 18 heavy (non-hydrogen) atoms. The Morgan fingerprint density at radius 3 is 2.39 bits per heavy atom. The minimum absolute atomic E-state index is 0.0638. The Morgan fingerprint density at radius 1 is 1.28 bits per heavy atom. The van der Waals surface area contributed by atoms with Crippen molar-refractivity contribution in [1.29, 1.82) is 0 Å². The number of methoxy groups -OCH3 is 1. The van der Waals surface area contributed by atoms with Gasteiger partial charge in [-0.1, -0.05) is 12.1 Å². The van der Waals surface area contributed by atoms with E-state index < -0.39 is 0 Å². The third-order valence-electron chi connectivity index (χ3n) is 2.71. The van der Waals surface area contributed by atoms with Crippen molar-refractivity contribution < 1.29 is 9.53 Å². The van der Waals surface area contributed by atoms with Crippen LogP contribution in [0, 0.1) is 0 Å². The molecule has 0 unspecified atom stereocenters. The number of rotatable bonds is 6. The van der Waals surface area contributed by atoms with E-state index in [9.17, 15) is 4.79 Å². The van der Waals surface area contributed by atoms with E-state index in [0.717, 1.165) is 18.7 Å². The fourth-order valence-corrected chi connectivity index (χ4v) is 1.65. The molecule has 0 fully saturated rings. The number of esters is 1. The molecule has 0 aliphatic heterocycles. The molecule has 0 saturated heterocycles. The van der Waals surface area contributed by atoms with Crippen LogP contribution in [-0.4, -0.2) is 38.9 Å². The number of carbonyl (C=O) groups excluding carboxylic acids is 1. The normalized spacial score (nSPS) is 10.6. The first-order valence-electron chi connectivity index (χ1n) is 6.12. The van der Waals surface area contributed by atoms with Gasteiger partial charge < -0.3 is 9.64 Å². The second-order valence-electron chi connectivity index (χ2n) is 3.81. The fourth-order valence-electron chi connectivity index (χ4n) is 1.65. The number of anilines is 1. The molecular formula is C14H20N2O2. The zero-order valence-electron chi connectivity index (χ0n) is 11.2. The molecule has 1 aromatic rings. The number of hydrogen-bond acceptors (Lipinski definition) is 4. The zero-order chi connectivity index (χ0) is 13.4. The summed E-state index contributed by atoms with van der Waals surface area (Å²) >= 11 is 0. The van der Waals surface area contributed by atoms with Gasteiger partial charge in [0.25, 0.3) is 0 Å². The van der Waals surface area contributed by atoms with Gasteiger partial charge in [0.2, 0.25) is 0 Å². The maximum absolute atomic E-state index is 10.9. The Morgan fingerprint density at radius 2 is 1.89 bits per heavy atom. The van der Waals surface area contributed by atoms with Crippen LogP contribution in [0.4, 0.5) is 5.69 Å². The molecule has 0 N–H and O–H groups in total. The third kappa shape index (κ3) is 4.20. The van der Waals surface area contributed by atoms with Gasteiger partial charge in [-0.25, -0.2) is 0 Å². The molecule has 1 aromatic carbocycles. The van der Waals surface area contributed by atoms with Crippen LogP contribution in [0.15, 0.2) is 29.3 Å². The number of ether oxygens (including phenoxy) is 1. The SMILES string of the molecule is CCN(CC)c1ccc(C=NCC(=O)OC)cc1. The van der Waals surface area contributed by atoms with Crippen LogP contribution in [0.5, 0.6) is 0 Å². The molecular weight excluding hydrogens is 228 g/mol. The molecule has 0 amide bonds. The van der Waals surface area contributed by atoms with E-state index in [1.54, 1.807) is 6.21 Å². The summed E-state index contributed by atoms with van der Waals surface area (Å²) in [6.45, 7) is 6.32. The molecule has 0 heterocycles. The highest BCUT2D eigenvalue weighted by atomic mass is 16.5. The monoisotopic (exact) mass is 248 g/mol. The predicted molar refractivity (Wildman–Crippen MR) is 74.5 cm³/mol. The van der Waals surface area contributed by atoms with Crippen LogP contribution in [0.2, 0.25) is 0 Å². The first-order valence-corrected chi connectivity index (χ1v) is 6.12. The van der Waals surface area contributed by atoms with Crippen molar-refractivity contribution >= 4 is 17.9 Å². The molecule has 0 aromatic heterocycles. The van der Waals surface area contributed by atoms with E-state index in [2.05, 4.69) is 40.6 Å². The quantitative estimate of drug-likeness (QED) is 0.572. The fraction of sp³-hybridized carbons (Fsp3) is 0.429. The lowest BCUT2D eigenvalue weighted by molar-refractivity contribution is -0.138. The summed E-state index contributed by atoms with van der Waals surface area (Å²) in [5.41, 5.74) is 2.18. The molecule has 0 atom stereocenters. The van der Waals surface area contributed by atoms with Crippen molar-refractivity contribution in [3.8, 4) is 0 Å². The standard InChI is InChI=1S/C14H20N2O2/c1-4-16(5-2)13-8-6-12(7-9-13)10-15-11-14(17)18-3/h6-10H,4-5,11H2,1-3H3. The minimum atomic E-state index is -0.328. The topological polar surface area (TPSA) is 41.9 Å². The largest absolute Gasteiger partial charge is 0.468 e. The highest BCUT2D eigenvalue weighted by Gasteiger charge is 2.00. The molecule has 0 radical (unpaired) electrons. The van der Waals surface area contributed by atoms with E-state index in [4.69, 9.17) is 0 Å². The van der Waals surface area contributed by atoms with Gasteiger partial charge in [-0.2, -0.15) is 0 Å². The summed E-state index contributed by atoms with van der Waals surface area (Å²) in [6.07, 6.45) is 1.68. The highest BCUT2D eigenvalue weighted by molar-refractivity contribution is 5.82. The molecule has 0 bridgehead atoms. The number of aliphatic imine (C=N–C) groups is 1. The Labute approximate surface area is 108 Å². The smallest absolute Gasteiger partial charge is 0.327 e. The van der Waals surface area contributed by atoms with Gasteiger partial charge in [-0.15, -0.1) is 0 Å². The summed E-state index contributed by atoms with van der Waals surface area (Å²) in [5.74, 6) is -0.328. The maximum atomic E-state index is 10.9. The number of carbonyl (C=O) groups is 1. The minimum Gasteiger partial charge on any atom is -0.468 e. The Hall–Kier alpha value is -1.84. The first-order chi connectivity index (χ1) is 8.71. The van der Waals surface area contributed by atoms with Crippen molar-refractivity contribution in [3.63, 3.8) is 0 Å². The van der Waals surface area contributed by atoms with Crippen molar-refractivity contribution in [1.82, 2.24) is 0 Å². The number of benzene rings is 1. The Bertz CT molecular complexity index is 395. The van der Waals surface area contributed by atoms with Gasteiger partial charge in [0.05, 0.1) is 7.11 Å². The molecule has 4 nitrogen and oxygen atoms in total. The van der Waals surface area contributed by atoms with Gasteiger partial charge in [0.15, 0.2) is 0 Å². The lowest BCUT2D eigenvalue weighted by Gasteiger charge is -2.20. The van der Waals surface area contributed by atoms with Gasteiger partial charge in [0.1, 0.15) is 6.54 Å². The van der Waals surface area contributed by atoms with Crippen molar-refractivity contribution in [2.24, 2.45) is 4.99 Å². The molecule has 98 valence electrons. The summed E-state index contributed by atoms with van der Waals surface area (Å²) in [4.78, 5) is 17.2. The summed E-state index contributed by atoms with van der Waals surface area (Å²) in [6, 6.07) is 8.11. The van der Waals surface area contributed by atoms with Crippen molar-refractivity contribution in [2.75, 3.05) is 31.6 Å². The van der Waals surface area contributed by atoms with Crippen LogP contribution in [-0.2, 0) is 9.53 Å². The second kappa shape index (κ2) is 7.48. The summed E-state index contributed by atoms with van der Waals surface area (Å²) < 4.78 is 4.51. The van der Waals surface area contributed by atoms with Gasteiger partial charge in [-0.3, -0.25) is 9.79 Å². The molecule has 0 aliphatic rings. The van der Waals surface area contributed by atoms with Gasteiger partial charge in [0, 0.05) is 25.0 Å². The van der Waals surface area contributed by atoms with Crippen molar-refractivity contribution in [2.45, 2.75) is 13.8 Å². The van der Waals surface area contributed by atoms with E-state index in [1.807, 2.05) is 12.1 Å². The second-order valence-corrected chi connectivity index (χ2v) is 3.81. The van der Waals surface area contributed by atoms with Crippen molar-refractivity contribution in [3.05, 3.63) is 29.8 Å². The maximum Gasteiger partial charge on any atom is 0.327 e. The molecule has 0 saturated carbocycles. The van der Waals surface area contributed by atoms with Crippen LogP contribution in [0.25, 0.3) is 0 Å². The zero-order valence-corrected chi connectivity index (χ0v) is 11.2. The molecule has 4 heteroatoms. The van der Waals surface area contributed by atoms with Crippen LogP contribution in [0.1, 0.15) is 19.4 Å². The molecule has 0 aliphatic carbocycles. The lowest BCUT2D eigenvalue weighted by Crippen LogP contribution is -2.21. The molecule has 0 spiro atoms. The lowest BCUT2D eigenvalue weighted by atomic mass is 10.2. The van der Waals surface area contributed by atoms with E-state index in [0.29, 0.717) is 0 Å².